The standard InChI is InChI=1S/C22H20N4OS2/c1-16-14-29-22(25-16)26-21-20(27-13-17-7-3-2-4-8-17)11-19(12-24-21)28-15-18-9-5-6-10-23-18/h2-12,14H,13,15H2,1H3,(H,24,25,26). The fourth-order valence-electron chi connectivity index (χ4n) is 2.60. The van der Waals surface area contributed by atoms with Crippen molar-refractivity contribution >= 4 is 34.0 Å². The van der Waals surface area contributed by atoms with Crippen molar-refractivity contribution in [3.63, 3.8) is 0 Å². The van der Waals surface area contributed by atoms with E-state index < -0.39 is 0 Å². The predicted molar refractivity (Wildman–Crippen MR) is 119 cm³/mol. The second kappa shape index (κ2) is 9.54. The van der Waals surface area contributed by atoms with E-state index in [9.17, 15) is 0 Å². The quantitative estimate of drug-likeness (QED) is 0.361. The normalized spacial score (nSPS) is 10.7. The number of thioether (sulfide) groups is 1. The first-order valence-electron chi connectivity index (χ1n) is 9.15. The molecule has 3 aromatic heterocycles. The maximum atomic E-state index is 6.12. The highest BCUT2D eigenvalue weighted by Crippen LogP contribution is 2.32. The molecule has 0 radical (unpaired) electrons. The predicted octanol–water partition coefficient (Wildman–Crippen LogP) is 5.86. The van der Waals surface area contributed by atoms with E-state index in [4.69, 9.17) is 4.74 Å². The molecular weight excluding hydrogens is 400 g/mol. The van der Waals surface area contributed by atoms with Crippen molar-refractivity contribution in [2.75, 3.05) is 5.32 Å². The highest BCUT2D eigenvalue weighted by atomic mass is 32.2. The lowest BCUT2D eigenvalue weighted by Gasteiger charge is -2.13. The monoisotopic (exact) mass is 420 g/mol. The summed E-state index contributed by atoms with van der Waals surface area (Å²) in [7, 11) is 0. The summed E-state index contributed by atoms with van der Waals surface area (Å²) in [6.45, 7) is 2.45. The maximum Gasteiger partial charge on any atom is 0.188 e. The number of ether oxygens (including phenoxy) is 1. The smallest absolute Gasteiger partial charge is 0.188 e. The molecule has 146 valence electrons. The Morgan fingerprint density at radius 3 is 2.69 bits per heavy atom. The summed E-state index contributed by atoms with van der Waals surface area (Å²) < 4.78 is 6.12. The van der Waals surface area contributed by atoms with Gasteiger partial charge in [-0.2, -0.15) is 0 Å². The molecule has 0 aliphatic carbocycles. The third-order valence-corrected chi connectivity index (χ3v) is 5.89. The van der Waals surface area contributed by atoms with Crippen LogP contribution < -0.4 is 10.1 Å². The molecule has 0 atom stereocenters. The number of hydrogen-bond acceptors (Lipinski definition) is 7. The molecule has 0 saturated carbocycles. The van der Waals surface area contributed by atoms with E-state index in [0.717, 1.165) is 32.7 Å². The highest BCUT2D eigenvalue weighted by Gasteiger charge is 2.11. The molecule has 0 saturated heterocycles. The van der Waals surface area contributed by atoms with Crippen molar-refractivity contribution in [2.45, 2.75) is 24.2 Å². The number of nitrogens with zero attached hydrogens (tertiary/aromatic N) is 3. The number of pyridine rings is 2. The molecule has 0 fully saturated rings. The van der Waals surface area contributed by atoms with Gasteiger partial charge in [0.15, 0.2) is 16.7 Å². The summed E-state index contributed by atoms with van der Waals surface area (Å²) in [4.78, 5) is 14.5. The van der Waals surface area contributed by atoms with E-state index >= 15 is 0 Å². The van der Waals surface area contributed by atoms with Gasteiger partial charge in [0.25, 0.3) is 0 Å². The largest absolute Gasteiger partial charge is 0.485 e. The summed E-state index contributed by atoms with van der Waals surface area (Å²) >= 11 is 3.23. The molecule has 0 amide bonds. The Morgan fingerprint density at radius 1 is 1.07 bits per heavy atom. The van der Waals surface area contributed by atoms with Crippen molar-refractivity contribution in [2.24, 2.45) is 0 Å². The summed E-state index contributed by atoms with van der Waals surface area (Å²) in [5, 5.41) is 6.08. The molecule has 0 spiro atoms. The van der Waals surface area contributed by atoms with Crippen LogP contribution in [0.3, 0.4) is 0 Å². The van der Waals surface area contributed by atoms with E-state index in [0.29, 0.717) is 18.2 Å². The van der Waals surface area contributed by atoms with Gasteiger partial charge in [0, 0.05) is 28.4 Å². The van der Waals surface area contributed by atoms with E-state index in [1.54, 1.807) is 23.1 Å². The van der Waals surface area contributed by atoms with Crippen LogP contribution in [0.15, 0.2) is 77.3 Å². The van der Waals surface area contributed by atoms with Gasteiger partial charge in [-0.25, -0.2) is 9.97 Å². The molecule has 3 heterocycles. The van der Waals surface area contributed by atoms with Gasteiger partial charge in [0.1, 0.15) is 6.61 Å². The fraction of sp³-hybridized carbons (Fsp3) is 0.136. The van der Waals surface area contributed by atoms with Crippen LogP contribution in [-0.4, -0.2) is 15.0 Å². The Bertz CT molecular complexity index is 1050. The van der Waals surface area contributed by atoms with E-state index in [1.165, 1.54) is 0 Å². The number of benzene rings is 1. The third-order valence-electron chi connectivity index (χ3n) is 4.02. The molecular formula is C22H20N4OS2. The number of thiazole rings is 1. The number of aryl methyl sites for hydroxylation is 1. The molecule has 0 aliphatic rings. The molecule has 0 bridgehead atoms. The summed E-state index contributed by atoms with van der Waals surface area (Å²) in [5.74, 6) is 2.14. The van der Waals surface area contributed by atoms with Gasteiger partial charge < -0.3 is 10.1 Å². The van der Waals surface area contributed by atoms with Gasteiger partial charge in [-0.3, -0.25) is 4.98 Å². The number of anilines is 2. The Hall–Kier alpha value is -2.90. The molecule has 1 aromatic carbocycles. The van der Waals surface area contributed by atoms with Crippen molar-refractivity contribution in [3.8, 4) is 5.75 Å². The van der Waals surface area contributed by atoms with Crippen LogP contribution in [-0.2, 0) is 12.4 Å². The van der Waals surface area contributed by atoms with Gasteiger partial charge in [0.2, 0.25) is 0 Å². The molecule has 4 aromatic rings. The summed E-state index contributed by atoms with van der Waals surface area (Å²) in [6, 6.07) is 18.1. The van der Waals surface area contributed by atoms with Crippen LogP contribution >= 0.6 is 23.1 Å². The first-order chi connectivity index (χ1) is 14.3. The van der Waals surface area contributed by atoms with Gasteiger partial charge in [0.05, 0.1) is 11.4 Å². The number of rotatable bonds is 8. The molecule has 1 N–H and O–H groups in total. The minimum absolute atomic E-state index is 0.475. The first-order valence-corrected chi connectivity index (χ1v) is 11.0. The topological polar surface area (TPSA) is 59.9 Å². The zero-order valence-electron chi connectivity index (χ0n) is 15.9. The molecule has 4 rings (SSSR count). The van der Waals surface area contributed by atoms with E-state index in [2.05, 4.69) is 20.3 Å². The van der Waals surface area contributed by atoms with Crippen molar-refractivity contribution in [1.82, 2.24) is 15.0 Å². The Kier molecular flexibility index (Phi) is 6.38. The average molecular weight is 421 g/mol. The van der Waals surface area contributed by atoms with Crippen LogP contribution in [0.1, 0.15) is 17.0 Å². The van der Waals surface area contributed by atoms with Gasteiger partial charge in [-0.05, 0) is 30.7 Å². The molecule has 7 heteroatoms. The minimum atomic E-state index is 0.475. The third kappa shape index (κ3) is 5.56. The zero-order valence-corrected chi connectivity index (χ0v) is 17.5. The van der Waals surface area contributed by atoms with Crippen molar-refractivity contribution in [3.05, 3.63) is 89.3 Å². The highest BCUT2D eigenvalue weighted by molar-refractivity contribution is 7.98. The van der Waals surface area contributed by atoms with Crippen LogP contribution in [0.4, 0.5) is 10.9 Å². The Balaban J connectivity index is 1.52. The zero-order chi connectivity index (χ0) is 19.9. The van der Waals surface area contributed by atoms with Gasteiger partial charge in [-0.15, -0.1) is 23.1 Å². The van der Waals surface area contributed by atoms with Gasteiger partial charge in [-0.1, -0.05) is 36.4 Å². The van der Waals surface area contributed by atoms with Gasteiger partial charge >= 0.3 is 0 Å². The second-order valence-corrected chi connectivity index (χ2v) is 8.23. The first kappa shape index (κ1) is 19.4. The summed E-state index contributed by atoms with van der Waals surface area (Å²) in [5.41, 5.74) is 3.12. The lowest BCUT2D eigenvalue weighted by molar-refractivity contribution is 0.306. The maximum absolute atomic E-state index is 6.12. The number of nitrogens with one attached hydrogen (secondary N) is 1. The van der Waals surface area contributed by atoms with Crippen molar-refractivity contribution in [1.29, 1.82) is 0 Å². The van der Waals surface area contributed by atoms with Crippen LogP contribution in [0.2, 0.25) is 0 Å². The summed E-state index contributed by atoms with van der Waals surface area (Å²) in [6.07, 6.45) is 3.66. The Labute approximate surface area is 178 Å². The number of aromatic nitrogens is 3. The van der Waals surface area contributed by atoms with Crippen LogP contribution in [0.5, 0.6) is 5.75 Å². The van der Waals surface area contributed by atoms with Crippen LogP contribution in [0, 0.1) is 6.92 Å². The fourth-order valence-corrected chi connectivity index (χ4v) is 4.09. The molecule has 0 aliphatic heterocycles. The molecule has 0 unspecified atom stereocenters. The van der Waals surface area contributed by atoms with E-state index in [-0.39, 0.29) is 0 Å². The van der Waals surface area contributed by atoms with E-state index in [1.807, 2.05) is 79.3 Å². The lowest BCUT2D eigenvalue weighted by Crippen LogP contribution is -2.01. The van der Waals surface area contributed by atoms with Crippen LogP contribution in [0.25, 0.3) is 0 Å². The molecule has 29 heavy (non-hydrogen) atoms. The van der Waals surface area contributed by atoms with Crippen molar-refractivity contribution < 1.29 is 4.74 Å². The molecule has 5 nitrogen and oxygen atoms in total. The second-order valence-electron chi connectivity index (χ2n) is 6.32. The Morgan fingerprint density at radius 2 is 1.93 bits per heavy atom. The number of hydrogen-bond donors (Lipinski definition) is 1. The lowest BCUT2D eigenvalue weighted by atomic mass is 10.2. The SMILES string of the molecule is Cc1csc(Nc2ncc(SCc3ccccn3)cc2OCc2ccccc2)n1. The average Bonchev–Trinajstić information content (AvgIpc) is 3.18. The minimum Gasteiger partial charge on any atom is -0.485 e.